The molecule has 0 saturated carbocycles. The van der Waals surface area contributed by atoms with Gasteiger partial charge in [0.2, 0.25) is 0 Å². The summed E-state index contributed by atoms with van der Waals surface area (Å²) in [5.74, 6) is -0.610. The molecule has 0 aliphatic rings. The highest BCUT2D eigenvalue weighted by Gasteiger charge is 2.09. The number of phenols is 1. The van der Waals surface area contributed by atoms with Crippen molar-refractivity contribution in [3.8, 4) is 17.6 Å². The van der Waals surface area contributed by atoms with Crippen LogP contribution in [0.3, 0.4) is 0 Å². The molecule has 34 heavy (non-hydrogen) atoms. The lowest BCUT2D eigenvalue weighted by Crippen LogP contribution is -2.17. The number of aromatic hydroxyl groups is 1. The maximum absolute atomic E-state index is 12.3. The van der Waals surface area contributed by atoms with Crippen LogP contribution < -0.4 is 10.2 Å². The molecule has 9 heteroatoms. The molecule has 7 nitrogen and oxygen atoms in total. The Hall–Kier alpha value is -4.71. The van der Waals surface area contributed by atoms with Gasteiger partial charge in [-0.1, -0.05) is 24.3 Å². The number of carbonyl (C=O) groups excluding carboxylic acids is 1. The lowest BCUT2D eigenvalue weighted by atomic mass is 10.1. The van der Waals surface area contributed by atoms with E-state index in [1.807, 2.05) is 41.1 Å². The zero-order chi connectivity index (χ0) is 24.1. The van der Waals surface area contributed by atoms with E-state index in [4.69, 9.17) is 5.26 Å². The Kier molecular flexibility index (Phi) is 6.50. The summed E-state index contributed by atoms with van der Waals surface area (Å²) >= 11 is 0. The lowest BCUT2D eigenvalue weighted by Gasteiger charge is -2.08. The highest BCUT2D eigenvalue weighted by atomic mass is 19.3. The van der Waals surface area contributed by atoms with Crippen LogP contribution in [0.5, 0.6) is 11.5 Å². The molecule has 1 amide bonds. The fraction of sp³-hybridized carbons (Fsp3) is 0.0800. The number of alkyl halides is 2. The van der Waals surface area contributed by atoms with Gasteiger partial charge in [-0.05, 0) is 48.0 Å². The first kappa shape index (κ1) is 22.5. The van der Waals surface area contributed by atoms with Gasteiger partial charge in [-0.15, -0.1) is 0 Å². The number of fused-ring (bicyclic) bond motifs is 1. The lowest BCUT2D eigenvalue weighted by molar-refractivity contribution is -0.0498. The van der Waals surface area contributed by atoms with Crippen LogP contribution in [0.4, 0.5) is 8.78 Å². The average Bonchev–Trinajstić information content (AvgIpc) is 3.24. The summed E-state index contributed by atoms with van der Waals surface area (Å²) in [5, 5.41) is 23.5. The predicted octanol–water partition coefficient (Wildman–Crippen LogP) is 4.63. The van der Waals surface area contributed by atoms with Crippen molar-refractivity contribution in [3.63, 3.8) is 0 Å². The van der Waals surface area contributed by atoms with Crippen molar-refractivity contribution in [1.29, 1.82) is 5.26 Å². The molecular formula is C25H18F2N4O3. The Bertz CT molecular complexity index is 1410. The van der Waals surface area contributed by atoms with E-state index >= 15 is 0 Å². The molecule has 0 spiro atoms. The van der Waals surface area contributed by atoms with Crippen molar-refractivity contribution in [2.24, 2.45) is 5.10 Å². The van der Waals surface area contributed by atoms with E-state index in [1.165, 1.54) is 36.5 Å². The van der Waals surface area contributed by atoms with E-state index in [-0.39, 0.29) is 22.6 Å². The molecule has 170 valence electrons. The van der Waals surface area contributed by atoms with Gasteiger partial charge in [0.25, 0.3) is 5.91 Å². The Morgan fingerprint density at radius 2 is 1.97 bits per heavy atom. The number of ether oxygens (including phenoxy) is 1. The van der Waals surface area contributed by atoms with Crippen molar-refractivity contribution in [2.75, 3.05) is 0 Å². The second-order valence-electron chi connectivity index (χ2n) is 7.29. The Morgan fingerprint density at radius 1 is 1.18 bits per heavy atom. The van der Waals surface area contributed by atoms with Gasteiger partial charge in [-0.3, -0.25) is 4.79 Å². The van der Waals surface area contributed by atoms with Crippen molar-refractivity contribution in [2.45, 2.75) is 13.2 Å². The number of hydrogen-bond acceptors (Lipinski definition) is 5. The molecular weight excluding hydrogens is 442 g/mol. The normalized spacial score (nSPS) is 11.1. The number of carbonyl (C=O) groups is 1. The van der Waals surface area contributed by atoms with Crippen molar-refractivity contribution in [3.05, 3.63) is 95.2 Å². The van der Waals surface area contributed by atoms with E-state index in [0.717, 1.165) is 22.0 Å². The van der Waals surface area contributed by atoms with Gasteiger partial charge in [0.1, 0.15) is 17.6 Å². The molecule has 1 aromatic heterocycles. The molecule has 0 aliphatic heterocycles. The van der Waals surface area contributed by atoms with Crippen molar-refractivity contribution >= 4 is 23.0 Å². The Labute approximate surface area is 193 Å². The quantitative estimate of drug-likeness (QED) is 0.310. The van der Waals surface area contributed by atoms with Crippen LogP contribution in [0, 0.1) is 11.3 Å². The first-order valence-electron chi connectivity index (χ1n) is 10.1. The number of nitrogens with zero attached hydrogens (tertiary/aromatic N) is 3. The number of hydrazone groups is 1. The second-order valence-corrected chi connectivity index (χ2v) is 7.29. The maximum atomic E-state index is 12.3. The summed E-state index contributed by atoms with van der Waals surface area (Å²) in [5.41, 5.74) is 5.23. The number of aromatic nitrogens is 1. The van der Waals surface area contributed by atoms with Gasteiger partial charge in [0.15, 0.2) is 0 Å². The van der Waals surface area contributed by atoms with E-state index < -0.39 is 12.5 Å². The van der Waals surface area contributed by atoms with Crippen LogP contribution in [0.25, 0.3) is 10.9 Å². The first-order chi connectivity index (χ1) is 16.4. The zero-order valence-electron chi connectivity index (χ0n) is 17.7. The third-order valence-electron chi connectivity index (χ3n) is 5.10. The van der Waals surface area contributed by atoms with Crippen LogP contribution in [0.2, 0.25) is 0 Å². The number of rotatable bonds is 7. The number of amides is 1. The molecule has 1 heterocycles. The molecule has 3 aromatic carbocycles. The third kappa shape index (κ3) is 5.02. The van der Waals surface area contributed by atoms with Crippen LogP contribution in [0.15, 0.2) is 78.0 Å². The minimum atomic E-state index is -2.86. The number of hydrogen-bond donors (Lipinski definition) is 2. The summed E-state index contributed by atoms with van der Waals surface area (Å²) in [6.45, 7) is -2.34. The molecule has 0 atom stereocenters. The van der Waals surface area contributed by atoms with Gasteiger partial charge in [0, 0.05) is 34.8 Å². The third-order valence-corrected chi connectivity index (χ3v) is 5.10. The summed E-state index contributed by atoms with van der Waals surface area (Å²) < 4.78 is 31.0. The summed E-state index contributed by atoms with van der Waals surface area (Å²) in [6.07, 6.45) is 3.43. The molecule has 0 fully saturated rings. The Morgan fingerprint density at radius 3 is 2.71 bits per heavy atom. The van der Waals surface area contributed by atoms with Crippen LogP contribution in [0.1, 0.15) is 27.0 Å². The SMILES string of the molecule is N#Cc1cc(C(=O)NN=Cc2cccc3c2ccn3Cc2ccc(OC(F)F)cc2)ccc1O. The van der Waals surface area contributed by atoms with Crippen molar-refractivity contribution in [1.82, 2.24) is 9.99 Å². The van der Waals surface area contributed by atoms with E-state index in [2.05, 4.69) is 15.3 Å². The predicted molar refractivity (Wildman–Crippen MR) is 122 cm³/mol. The molecule has 0 unspecified atom stereocenters. The van der Waals surface area contributed by atoms with Crippen LogP contribution in [-0.2, 0) is 6.54 Å². The maximum Gasteiger partial charge on any atom is 0.387 e. The van der Waals surface area contributed by atoms with E-state index in [0.29, 0.717) is 6.54 Å². The van der Waals surface area contributed by atoms with E-state index in [1.54, 1.807) is 12.1 Å². The fourth-order valence-electron chi connectivity index (χ4n) is 3.46. The number of phenolic OH excluding ortho intramolecular Hbond substituents is 1. The molecule has 4 aromatic rings. The van der Waals surface area contributed by atoms with Crippen molar-refractivity contribution < 1.29 is 23.4 Å². The highest BCUT2D eigenvalue weighted by Crippen LogP contribution is 2.22. The molecule has 0 bridgehead atoms. The van der Waals surface area contributed by atoms with Gasteiger partial charge in [-0.25, -0.2) is 5.43 Å². The topological polar surface area (TPSA) is 99.6 Å². The van der Waals surface area contributed by atoms with Gasteiger partial charge >= 0.3 is 6.61 Å². The second kappa shape index (κ2) is 9.83. The molecule has 4 rings (SSSR count). The summed E-state index contributed by atoms with van der Waals surface area (Å²) in [6, 6.07) is 19.8. The largest absolute Gasteiger partial charge is 0.507 e. The minimum absolute atomic E-state index is 0.000996. The fourth-order valence-corrected chi connectivity index (χ4v) is 3.46. The number of nitriles is 1. The standard InChI is InChI=1S/C25H18F2N4O3/c26-25(27)34-20-7-4-16(5-8-20)15-31-11-10-21-18(2-1-3-22(21)31)14-29-30-24(33)17-6-9-23(32)19(12-17)13-28/h1-12,14,25,32H,15H2,(H,30,33). The number of benzene rings is 3. The summed E-state index contributed by atoms with van der Waals surface area (Å²) in [7, 11) is 0. The molecule has 0 saturated heterocycles. The monoisotopic (exact) mass is 460 g/mol. The van der Waals surface area contributed by atoms with Crippen LogP contribution >= 0.6 is 0 Å². The number of nitrogens with one attached hydrogen (secondary N) is 1. The number of halogens is 2. The Balaban J connectivity index is 1.48. The van der Waals surface area contributed by atoms with Gasteiger partial charge in [-0.2, -0.15) is 19.1 Å². The molecule has 0 radical (unpaired) electrons. The summed E-state index contributed by atoms with van der Waals surface area (Å²) in [4.78, 5) is 12.3. The van der Waals surface area contributed by atoms with Crippen LogP contribution in [-0.4, -0.2) is 28.4 Å². The first-order valence-corrected chi connectivity index (χ1v) is 10.1. The average molecular weight is 460 g/mol. The highest BCUT2D eigenvalue weighted by molar-refractivity contribution is 6.00. The minimum Gasteiger partial charge on any atom is -0.507 e. The van der Waals surface area contributed by atoms with E-state index in [9.17, 15) is 18.7 Å². The van der Waals surface area contributed by atoms with Gasteiger partial charge in [0.05, 0.1) is 11.8 Å². The molecule has 2 N–H and O–H groups in total. The molecule has 0 aliphatic carbocycles. The zero-order valence-corrected chi connectivity index (χ0v) is 17.7. The van der Waals surface area contributed by atoms with Gasteiger partial charge < -0.3 is 14.4 Å². The smallest absolute Gasteiger partial charge is 0.387 e.